The second kappa shape index (κ2) is 7.69. The lowest BCUT2D eigenvalue weighted by molar-refractivity contribution is -0.115. The van der Waals surface area contributed by atoms with Crippen LogP contribution in [0.2, 0.25) is 0 Å². The quantitative estimate of drug-likeness (QED) is 0.637. The van der Waals surface area contributed by atoms with Crippen molar-refractivity contribution in [3.63, 3.8) is 0 Å². The highest BCUT2D eigenvalue weighted by molar-refractivity contribution is 7.99. The number of fused-ring (bicyclic) bond motifs is 1. The minimum absolute atomic E-state index is 0.00148. The van der Waals surface area contributed by atoms with E-state index in [9.17, 15) is 9.59 Å². The summed E-state index contributed by atoms with van der Waals surface area (Å²) in [5.74, 6) is 1.67. The van der Waals surface area contributed by atoms with Gasteiger partial charge in [0, 0.05) is 11.3 Å². The first-order valence-corrected chi connectivity index (χ1v) is 10.5. The standard InChI is InChI=1S/C22H22N2O2S/c1-14(25)16-7-8-19-18(13-16)20(22(26)24-19)21(15-5-3-2-4-6-15)23-17-9-11-27-12-10-17/h2-8,13,17,20H,9-12H2,1H3,(H,24,26). The molecule has 2 aliphatic heterocycles. The second-order valence-electron chi connectivity index (χ2n) is 7.00. The number of nitrogens with zero attached hydrogens (tertiary/aromatic N) is 1. The van der Waals surface area contributed by atoms with Gasteiger partial charge in [-0.2, -0.15) is 11.8 Å². The van der Waals surface area contributed by atoms with Gasteiger partial charge in [-0.05, 0) is 60.6 Å². The van der Waals surface area contributed by atoms with Crippen molar-refractivity contribution in [1.82, 2.24) is 0 Å². The van der Waals surface area contributed by atoms with Crippen LogP contribution in [0.3, 0.4) is 0 Å². The third-order valence-electron chi connectivity index (χ3n) is 5.14. The van der Waals surface area contributed by atoms with Gasteiger partial charge in [0.2, 0.25) is 5.91 Å². The minimum Gasteiger partial charge on any atom is -0.325 e. The third-order valence-corrected chi connectivity index (χ3v) is 6.19. The first kappa shape index (κ1) is 18.0. The number of aliphatic imine (C=N–C) groups is 1. The van der Waals surface area contributed by atoms with Gasteiger partial charge in [0.25, 0.3) is 0 Å². The molecule has 4 nitrogen and oxygen atoms in total. The molecule has 2 aromatic carbocycles. The number of anilines is 1. The average molecular weight is 378 g/mol. The second-order valence-corrected chi connectivity index (χ2v) is 8.23. The number of carbonyl (C=O) groups is 2. The van der Waals surface area contributed by atoms with Crippen LogP contribution in [0.5, 0.6) is 0 Å². The molecular weight excluding hydrogens is 356 g/mol. The number of amides is 1. The smallest absolute Gasteiger partial charge is 0.238 e. The fraction of sp³-hybridized carbons (Fsp3) is 0.318. The van der Waals surface area contributed by atoms with Gasteiger partial charge >= 0.3 is 0 Å². The molecule has 0 saturated carbocycles. The van der Waals surface area contributed by atoms with Crippen LogP contribution < -0.4 is 5.32 Å². The molecule has 0 aliphatic carbocycles. The Hall–Kier alpha value is -2.40. The van der Waals surface area contributed by atoms with Gasteiger partial charge in [0.05, 0.1) is 11.8 Å². The van der Waals surface area contributed by atoms with Crippen LogP contribution >= 0.6 is 11.8 Å². The van der Waals surface area contributed by atoms with E-state index in [0.717, 1.165) is 46.9 Å². The largest absolute Gasteiger partial charge is 0.325 e. The summed E-state index contributed by atoms with van der Waals surface area (Å²) in [6, 6.07) is 15.6. The number of benzene rings is 2. The van der Waals surface area contributed by atoms with Crippen LogP contribution in [-0.2, 0) is 4.79 Å². The summed E-state index contributed by atoms with van der Waals surface area (Å²) in [7, 11) is 0. The average Bonchev–Trinajstić information content (AvgIpc) is 3.02. The molecule has 1 unspecified atom stereocenters. The molecule has 4 rings (SSSR count). The molecular formula is C22H22N2O2S. The Balaban J connectivity index is 1.81. The lowest BCUT2D eigenvalue weighted by Gasteiger charge is -2.21. The summed E-state index contributed by atoms with van der Waals surface area (Å²) in [6.45, 7) is 1.55. The molecule has 0 bridgehead atoms. The highest BCUT2D eigenvalue weighted by atomic mass is 32.2. The molecule has 5 heteroatoms. The van der Waals surface area contributed by atoms with Crippen molar-refractivity contribution in [3.8, 4) is 0 Å². The van der Waals surface area contributed by atoms with Crippen molar-refractivity contribution in [1.29, 1.82) is 0 Å². The summed E-state index contributed by atoms with van der Waals surface area (Å²) in [5, 5.41) is 2.97. The minimum atomic E-state index is -0.476. The maximum atomic E-state index is 12.9. The van der Waals surface area contributed by atoms with E-state index in [2.05, 4.69) is 5.32 Å². The number of Topliss-reactive ketones (excluding diaryl/α,β-unsaturated/α-hetero) is 1. The van der Waals surface area contributed by atoms with Crippen molar-refractivity contribution in [2.24, 2.45) is 4.99 Å². The molecule has 1 N–H and O–H groups in total. The number of nitrogens with one attached hydrogen (secondary N) is 1. The topological polar surface area (TPSA) is 58.5 Å². The fourth-order valence-electron chi connectivity index (χ4n) is 3.69. The molecule has 0 radical (unpaired) electrons. The van der Waals surface area contributed by atoms with E-state index >= 15 is 0 Å². The van der Waals surface area contributed by atoms with Crippen LogP contribution in [0.4, 0.5) is 5.69 Å². The van der Waals surface area contributed by atoms with Gasteiger partial charge < -0.3 is 5.32 Å². The molecule has 1 saturated heterocycles. The number of thioether (sulfide) groups is 1. The molecule has 1 amide bonds. The maximum Gasteiger partial charge on any atom is 0.238 e. The van der Waals surface area contributed by atoms with Crippen LogP contribution in [0.1, 0.15) is 47.2 Å². The first-order valence-electron chi connectivity index (χ1n) is 9.30. The summed E-state index contributed by atoms with van der Waals surface area (Å²) in [5.41, 5.74) is 4.02. The first-order chi connectivity index (χ1) is 13.1. The van der Waals surface area contributed by atoms with Gasteiger partial charge in [0.15, 0.2) is 5.78 Å². The van der Waals surface area contributed by atoms with Crippen molar-refractivity contribution < 1.29 is 9.59 Å². The zero-order valence-corrected chi connectivity index (χ0v) is 16.1. The molecule has 1 fully saturated rings. The number of hydrogen-bond acceptors (Lipinski definition) is 4. The van der Waals surface area contributed by atoms with E-state index in [4.69, 9.17) is 4.99 Å². The van der Waals surface area contributed by atoms with Gasteiger partial charge in [0.1, 0.15) is 5.92 Å². The summed E-state index contributed by atoms with van der Waals surface area (Å²) in [6.07, 6.45) is 2.07. The Morgan fingerprint density at radius 3 is 2.52 bits per heavy atom. The number of rotatable bonds is 4. The van der Waals surface area contributed by atoms with Crippen LogP contribution in [0.25, 0.3) is 0 Å². The lowest BCUT2D eigenvalue weighted by atomic mass is 9.89. The van der Waals surface area contributed by atoms with Gasteiger partial charge in [-0.1, -0.05) is 30.3 Å². The maximum absolute atomic E-state index is 12.9. The lowest BCUT2D eigenvalue weighted by Crippen LogP contribution is -2.25. The number of hydrogen-bond donors (Lipinski definition) is 1. The predicted octanol–water partition coefficient (Wildman–Crippen LogP) is 4.31. The highest BCUT2D eigenvalue weighted by Gasteiger charge is 2.36. The Labute approximate surface area is 163 Å². The van der Waals surface area contributed by atoms with Crippen LogP contribution in [0.15, 0.2) is 53.5 Å². The van der Waals surface area contributed by atoms with Crippen molar-refractivity contribution in [3.05, 3.63) is 65.2 Å². The van der Waals surface area contributed by atoms with Gasteiger partial charge in [-0.25, -0.2) is 0 Å². The normalized spacial score (nSPS) is 20.3. The third kappa shape index (κ3) is 3.69. The van der Waals surface area contributed by atoms with E-state index in [0.29, 0.717) is 5.56 Å². The van der Waals surface area contributed by atoms with Crippen molar-refractivity contribution >= 4 is 34.9 Å². The molecule has 27 heavy (non-hydrogen) atoms. The molecule has 2 aliphatic rings. The van der Waals surface area contributed by atoms with Gasteiger partial charge in [-0.3, -0.25) is 14.6 Å². The molecule has 138 valence electrons. The zero-order chi connectivity index (χ0) is 18.8. The highest BCUT2D eigenvalue weighted by Crippen LogP contribution is 2.37. The van der Waals surface area contributed by atoms with Crippen LogP contribution in [0, 0.1) is 0 Å². The summed E-state index contributed by atoms with van der Waals surface area (Å²) in [4.78, 5) is 29.8. The Morgan fingerprint density at radius 1 is 1.07 bits per heavy atom. The van der Waals surface area contributed by atoms with E-state index in [1.165, 1.54) is 0 Å². The number of carbonyl (C=O) groups excluding carboxylic acids is 2. The van der Waals surface area contributed by atoms with Crippen LogP contribution in [-0.4, -0.2) is 34.9 Å². The number of ketones is 1. The van der Waals surface area contributed by atoms with Crippen molar-refractivity contribution in [2.75, 3.05) is 16.8 Å². The molecule has 1 atom stereocenters. The Morgan fingerprint density at radius 2 is 1.81 bits per heavy atom. The zero-order valence-electron chi connectivity index (χ0n) is 15.3. The molecule has 0 aromatic heterocycles. The summed E-state index contributed by atoms with van der Waals surface area (Å²) >= 11 is 1.96. The molecule has 0 spiro atoms. The molecule has 2 aromatic rings. The van der Waals surface area contributed by atoms with E-state index < -0.39 is 5.92 Å². The van der Waals surface area contributed by atoms with E-state index in [1.807, 2.05) is 54.2 Å². The fourth-order valence-corrected chi connectivity index (χ4v) is 4.77. The molecule has 2 heterocycles. The monoisotopic (exact) mass is 378 g/mol. The van der Waals surface area contributed by atoms with E-state index in [1.54, 1.807) is 13.0 Å². The SMILES string of the molecule is CC(=O)c1ccc2c(c1)C(C(=NC1CCSCC1)c1ccccc1)C(=O)N2. The Kier molecular flexibility index (Phi) is 5.12. The van der Waals surface area contributed by atoms with E-state index in [-0.39, 0.29) is 17.7 Å². The van der Waals surface area contributed by atoms with Crippen molar-refractivity contribution in [2.45, 2.75) is 31.7 Å². The van der Waals surface area contributed by atoms with Gasteiger partial charge in [-0.15, -0.1) is 0 Å². The predicted molar refractivity (Wildman–Crippen MR) is 111 cm³/mol. The summed E-state index contributed by atoms with van der Waals surface area (Å²) < 4.78 is 0. The Bertz CT molecular complexity index is 902.